The molecule has 1 unspecified atom stereocenters. The summed E-state index contributed by atoms with van der Waals surface area (Å²) in [5, 5.41) is 21.1. The Labute approximate surface area is 137 Å². The molecule has 2 amide bonds. The molecule has 1 aliphatic heterocycles. The fraction of sp³-hybridized carbons (Fsp3) is 0.357. The Morgan fingerprint density at radius 2 is 1.95 bits per heavy atom. The number of rotatable bonds is 4. The third-order valence-electron chi connectivity index (χ3n) is 3.32. The van der Waals surface area contributed by atoms with Gasteiger partial charge in [-0.2, -0.15) is 5.26 Å². The highest BCUT2D eigenvalue weighted by Crippen LogP contribution is 2.26. The molecule has 22 heavy (non-hydrogen) atoms. The van der Waals surface area contributed by atoms with Gasteiger partial charge in [0.1, 0.15) is 0 Å². The van der Waals surface area contributed by atoms with Crippen molar-refractivity contribution >= 4 is 35.2 Å². The van der Waals surface area contributed by atoms with E-state index >= 15 is 0 Å². The Kier molecular flexibility index (Phi) is 5.11. The lowest BCUT2D eigenvalue weighted by molar-refractivity contribution is -0.137. The first-order valence-corrected chi connectivity index (χ1v) is 7.27. The summed E-state index contributed by atoms with van der Waals surface area (Å²) in [7, 11) is 0. The second-order valence-electron chi connectivity index (χ2n) is 5.03. The van der Waals surface area contributed by atoms with E-state index in [1.54, 1.807) is 12.1 Å². The summed E-state index contributed by atoms with van der Waals surface area (Å²) in [5.74, 6) is -1.22. The fourth-order valence-corrected chi connectivity index (χ4v) is 2.71. The number of nitrogens with zero attached hydrogens (tertiary/aromatic N) is 2. The maximum absolute atomic E-state index is 12.1. The number of carboxylic acids is 1. The lowest BCUT2D eigenvalue weighted by Crippen LogP contribution is -2.54. The van der Waals surface area contributed by atoms with Gasteiger partial charge in [-0.15, -0.1) is 0 Å². The highest BCUT2D eigenvalue weighted by Gasteiger charge is 2.32. The van der Waals surface area contributed by atoms with Crippen LogP contribution in [0.2, 0.25) is 10.0 Å². The van der Waals surface area contributed by atoms with Crippen LogP contribution in [0.4, 0.5) is 4.79 Å². The van der Waals surface area contributed by atoms with Crippen LogP contribution in [0.5, 0.6) is 0 Å². The molecule has 8 heteroatoms. The quantitative estimate of drug-likeness (QED) is 0.880. The molecular weight excluding hydrogens is 329 g/mol. The van der Waals surface area contributed by atoms with Gasteiger partial charge in [0, 0.05) is 23.1 Å². The average Bonchev–Trinajstić information content (AvgIpc) is 2.35. The largest absolute Gasteiger partial charge is 0.481 e. The summed E-state index contributed by atoms with van der Waals surface area (Å²) in [6.07, 6.45) is -0.294. The van der Waals surface area contributed by atoms with Crippen molar-refractivity contribution in [2.45, 2.75) is 12.5 Å². The van der Waals surface area contributed by atoms with Crippen LogP contribution in [0.15, 0.2) is 18.2 Å². The van der Waals surface area contributed by atoms with E-state index in [-0.39, 0.29) is 12.3 Å². The first-order chi connectivity index (χ1) is 10.4. The molecule has 1 aromatic carbocycles. The van der Waals surface area contributed by atoms with Crippen LogP contribution in [0.3, 0.4) is 0 Å². The minimum atomic E-state index is -1.06. The van der Waals surface area contributed by atoms with E-state index in [1.165, 1.54) is 11.0 Å². The Morgan fingerprint density at radius 1 is 1.36 bits per heavy atom. The Bertz CT molecular complexity index is 618. The van der Waals surface area contributed by atoms with Crippen LogP contribution >= 0.6 is 23.2 Å². The number of carbonyl (C=O) groups excluding carboxylic acids is 1. The molecule has 0 saturated carbocycles. The number of carboxylic acid groups (broad SMARTS) is 1. The first kappa shape index (κ1) is 16.4. The number of nitrogens with one attached hydrogen (secondary N) is 1. The third-order valence-corrected chi connectivity index (χ3v) is 3.75. The SMILES string of the molecule is N#CC1CN(C(=O)NC(CC(=O)O)c2cc(Cl)cc(Cl)c2)C1. The van der Waals surface area contributed by atoms with Gasteiger partial charge < -0.3 is 15.3 Å². The Hall–Kier alpha value is -1.97. The molecule has 1 aromatic rings. The molecule has 1 fully saturated rings. The molecule has 0 spiro atoms. The van der Waals surface area contributed by atoms with E-state index in [4.69, 9.17) is 33.6 Å². The predicted molar refractivity (Wildman–Crippen MR) is 80.7 cm³/mol. The van der Waals surface area contributed by atoms with E-state index < -0.39 is 18.0 Å². The van der Waals surface area contributed by atoms with Crippen LogP contribution in [0.25, 0.3) is 0 Å². The van der Waals surface area contributed by atoms with E-state index in [0.29, 0.717) is 28.7 Å². The van der Waals surface area contributed by atoms with Crippen LogP contribution < -0.4 is 5.32 Å². The maximum atomic E-state index is 12.1. The molecule has 2 N–H and O–H groups in total. The first-order valence-electron chi connectivity index (χ1n) is 6.52. The summed E-state index contributed by atoms with van der Waals surface area (Å²) >= 11 is 11.8. The lowest BCUT2D eigenvalue weighted by atomic mass is 10.0. The molecule has 116 valence electrons. The number of halogens is 2. The lowest BCUT2D eigenvalue weighted by Gasteiger charge is -2.36. The maximum Gasteiger partial charge on any atom is 0.317 e. The summed E-state index contributed by atoms with van der Waals surface area (Å²) < 4.78 is 0. The molecule has 0 aromatic heterocycles. The fourth-order valence-electron chi connectivity index (χ4n) is 2.17. The summed E-state index contributed by atoms with van der Waals surface area (Å²) in [6.45, 7) is 0.691. The number of aliphatic carboxylic acids is 1. The molecule has 2 rings (SSSR count). The zero-order valence-electron chi connectivity index (χ0n) is 11.4. The van der Waals surface area contributed by atoms with Crippen LogP contribution in [-0.4, -0.2) is 35.1 Å². The number of nitriles is 1. The average molecular weight is 342 g/mol. The normalized spacial score (nSPS) is 15.6. The van der Waals surface area contributed by atoms with Crippen molar-refractivity contribution in [2.75, 3.05) is 13.1 Å². The van der Waals surface area contributed by atoms with Gasteiger partial charge >= 0.3 is 12.0 Å². The van der Waals surface area contributed by atoms with E-state index in [9.17, 15) is 9.59 Å². The highest BCUT2D eigenvalue weighted by molar-refractivity contribution is 6.34. The summed E-state index contributed by atoms with van der Waals surface area (Å²) in [5.41, 5.74) is 0.519. The zero-order valence-corrected chi connectivity index (χ0v) is 12.9. The molecule has 0 aliphatic carbocycles. The van der Waals surface area contributed by atoms with Crippen molar-refractivity contribution in [3.63, 3.8) is 0 Å². The minimum absolute atomic E-state index is 0.163. The Morgan fingerprint density at radius 3 is 2.45 bits per heavy atom. The van der Waals surface area contributed by atoms with Crippen molar-refractivity contribution in [2.24, 2.45) is 5.92 Å². The molecule has 0 radical (unpaired) electrons. The van der Waals surface area contributed by atoms with Gasteiger partial charge in [0.2, 0.25) is 0 Å². The number of likely N-dealkylation sites (tertiary alicyclic amines) is 1. The van der Waals surface area contributed by atoms with Gasteiger partial charge in [0.05, 0.1) is 24.4 Å². The third kappa shape index (κ3) is 4.03. The minimum Gasteiger partial charge on any atom is -0.481 e. The number of hydrogen-bond donors (Lipinski definition) is 2. The second kappa shape index (κ2) is 6.86. The zero-order chi connectivity index (χ0) is 16.3. The molecular formula is C14H13Cl2N3O3. The molecule has 1 aliphatic rings. The van der Waals surface area contributed by atoms with Crippen molar-refractivity contribution < 1.29 is 14.7 Å². The predicted octanol–water partition coefficient (Wildman–Crippen LogP) is 2.67. The number of amides is 2. The number of carbonyl (C=O) groups is 2. The van der Waals surface area contributed by atoms with Crippen LogP contribution in [-0.2, 0) is 4.79 Å². The van der Waals surface area contributed by atoms with Crippen molar-refractivity contribution in [1.82, 2.24) is 10.2 Å². The van der Waals surface area contributed by atoms with Gasteiger partial charge in [0.15, 0.2) is 0 Å². The van der Waals surface area contributed by atoms with Crippen molar-refractivity contribution in [1.29, 1.82) is 5.26 Å². The van der Waals surface area contributed by atoms with Gasteiger partial charge in [-0.25, -0.2) is 4.79 Å². The monoisotopic (exact) mass is 341 g/mol. The molecule has 6 nitrogen and oxygen atoms in total. The molecule has 0 bridgehead atoms. The highest BCUT2D eigenvalue weighted by atomic mass is 35.5. The number of urea groups is 1. The van der Waals surface area contributed by atoms with Crippen molar-refractivity contribution in [3.05, 3.63) is 33.8 Å². The smallest absolute Gasteiger partial charge is 0.317 e. The van der Waals surface area contributed by atoms with Gasteiger partial charge in [-0.3, -0.25) is 4.79 Å². The topological polar surface area (TPSA) is 93.4 Å². The molecule has 1 atom stereocenters. The molecule has 1 heterocycles. The van der Waals surface area contributed by atoms with Crippen LogP contribution in [0.1, 0.15) is 18.0 Å². The van der Waals surface area contributed by atoms with Gasteiger partial charge in [-0.1, -0.05) is 23.2 Å². The van der Waals surface area contributed by atoms with E-state index in [0.717, 1.165) is 0 Å². The van der Waals surface area contributed by atoms with Crippen LogP contribution in [0, 0.1) is 17.2 Å². The molecule has 1 saturated heterocycles. The van der Waals surface area contributed by atoms with Gasteiger partial charge in [-0.05, 0) is 23.8 Å². The standard InChI is InChI=1S/C14H13Cl2N3O3/c15-10-1-9(2-11(16)3-10)12(4-13(20)21)18-14(22)19-6-8(5-17)7-19/h1-3,8,12H,4,6-7H2,(H,18,22)(H,20,21). The number of hydrogen-bond acceptors (Lipinski definition) is 3. The second-order valence-corrected chi connectivity index (χ2v) is 5.91. The Balaban J connectivity index is 2.11. The van der Waals surface area contributed by atoms with E-state index in [1.807, 2.05) is 0 Å². The number of benzene rings is 1. The summed E-state index contributed by atoms with van der Waals surface area (Å²) in [6, 6.07) is 5.57. The van der Waals surface area contributed by atoms with Crippen molar-refractivity contribution in [3.8, 4) is 6.07 Å². The van der Waals surface area contributed by atoms with E-state index in [2.05, 4.69) is 11.4 Å². The van der Waals surface area contributed by atoms with Gasteiger partial charge in [0.25, 0.3) is 0 Å². The summed E-state index contributed by atoms with van der Waals surface area (Å²) in [4.78, 5) is 24.5.